The summed E-state index contributed by atoms with van der Waals surface area (Å²) in [6, 6.07) is 18.8. The smallest absolute Gasteiger partial charge is 0.235 e. The van der Waals surface area contributed by atoms with Crippen molar-refractivity contribution in [1.29, 1.82) is 0 Å². The van der Waals surface area contributed by atoms with Crippen LogP contribution < -0.4 is 24.4 Å². The average molecular weight is 474 g/mol. The Hall–Kier alpha value is -3.97. The SMILES string of the molecule is CCOc1ccccc1Oc1coc2c3c(ccc2c1=O)OCN(CCc1ccccc1OC)C3. The van der Waals surface area contributed by atoms with Gasteiger partial charge in [-0.3, -0.25) is 9.69 Å². The molecule has 4 aromatic rings. The summed E-state index contributed by atoms with van der Waals surface area (Å²) in [5.41, 5.74) is 2.26. The van der Waals surface area contributed by atoms with Gasteiger partial charge in [0.25, 0.3) is 0 Å². The average Bonchev–Trinajstić information content (AvgIpc) is 2.90. The lowest BCUT2D eigenvalue weighted by molar-refractivity contribution is 0.0966. The van der Waals surface area contributed by atoms with E-state index >= 15 is 0 Å². The molecule has 180 valence electrons. The third-order valence-corrected chi connectivity index (χ3v) is 6.01. The Morgan fingerprint density at radius 1 is 0.943 bits per heavy atom. The summed E-state index contributed by atoms with van der Waals surface area (Å²) in [7, 11) is 1.68. The topological polar surface area (TPSA) is 70.4 Å². The van der Waals surface area contributed by atoms with Crippen LogP contribution in [-0.4, -0.2) is 31.9 Å². The Kier molecular flexibility index (Phi) is 6.59. The van der Waals surface area contributed by atoms with Crippen molar-refractivity contribution in [2.24, 2.45) is 0 Å². The first-order valence-electron chi connectivity index (χ1n) is 11.6. The first kappa shape index (κ1) is 22.8. The van der Waals surface area contributed by atoms with Crippen molar-refractivity contribution in [3.8, 4) is 28.7 Å². The van der Waals surface area contributed by atoms with Gasteiger partial charge in [-0.05, 0) is 49.2 Å². The fourth-order valence-corrected chi connectivity index (χ4v) is 4.27. The third kappa shape index (κ3) is 4.68. The van der Waals surface area contributed by atoms with Crippen LogP contribution in [0.25, 0.3) is 11.0 Å². The van der Waals surface area contributed by atoms with Gasteiger partial charge in [-0.15, -0.1) is 0 Å². The lowest BCUT2D eigenvalue weighted by Crippen LogP contribution is -2.33. The molecule has 1 aliphatic rings. The minimum absolute atomic E-state index is 0.106. The number of hydrogen-bond acceptors (Lipinski definition) is 7. The van der Waals surface area contributed by atoms with E-state index in [0.29, 0.717) is 42.4 Å². The molecular formula is C28H27NO6. The normalized spacial score (nSPS) is 13.2. The summed E-state index contributed by atoms with van der Waals surface area (Å²) in [5, 5.41) is 0.449. The molecule has 0 spiro atoms. The Morgan fingerprint density at radius 3 is 2.51 bits per heavy atom. The fourth-order valence-electron chi connectivity index (χ4n) is 4.27. The van der Waals surface area contributed by atoms with Crippen LogP contribution in [0, 0.1) is 0 Å². The lowest BCUT2D eigenvalue weighted by Gasteiger charge is -2.29. The highest BCUT2D eigenvalue weighted by Gasteiger charge is 2.23. The van der Waals surface area contributed by atoms with Crippen LogP contribution in [-0.2, 0) is 13.0 Å². The van der Waals surface area contributed by atoms with E-state index in [0.717, 1.165) is 35.6 Å². The number of fused-ring (bicyclic) bond motifs is 3. The number of methoxy groups -OCH3 is 1. The molecule has 0 saturated heterocycles. The van der Waals surface area contributed by atoms with Gasteiger partial charge < -0.3 is 23.4 Å². The van der Waals surface area contributed by atoms with Gasteiger partial charge in [0.2, 0.25) is 11.2 Å². The Labute approximate surface area is 203 Å². The quantitative estimate of drug-likeness (QED) is 0.340. The summed E-state index contributed by atoms with van der Waals surface area (Å²) in [5.74, 6) is 2.74. The summed E-state index contributed by atoms with van der Waals surface area (Å²) in [4.78, 5) is 15.4. The second kappa shape index (κ2) is 10.1. The van der Waals surface area contributed by atoms with E-state index in [4.69, 9.17) is 23.4 Å². The van der Waals surface area contributed by atoms with E-state index in [1.54, 1.807) is 25.3 Å². The van der Waals surface area contributed by atoms with Crippen LogP contribution in [0.5, 0.6) is 28.7 Å². The van der Waals surface area contributed by atoms with Gasteiger partial charge >= 0.3 is 0 Å². The van der Waals surface area contributed by atoms with Crippen molar-refractivity contribution in [1.82, 2.24) is 4.90 Å². The predicted molar refractivity (Wildman–Crippen MR) is 133 cm³/mol. The van der Waals surface area contributed by atoms with Crippen molar-refractivity contribution in [2.75, 3.05) is 27.0 Å². The maximum Gasteiger partial charge on any atom is 0.235 e. The minimum atomic E-state index is -0.244. The molecule has 5 rings (SSSR count). The first-order valence-corrected chi connectivity index (χ1v) is 11.6. The van der Waals surface area contributed by atoms with Gasteiger partial charge in [-0.1, -0.05) is 30.3 Å². The zero-order valence-electron chi connectivity index (χ0n) is 19.8. The van der Waals surface area contributed by atoms with E-state index in [-0.39, 0.29) is 11.2 Å². The highest BCUT2D eigenvalue weighted by molar-refractivity contribution is 5.83. The highest BCUT2D eigenvalue weighted by atomic mass is 16.5. The molecule has 7 nitrogen and oxygen atoms in total. The molecule has 3 aromatic carbocycles. The first-order chi connectivity index (χ1) is 17.2. The van der Waals surface area contributed by atoms with E-state index in [1.165, 1.54) is 6.26 Å². The number of benzene rings is 3. The second-order valence-corrected chi connectivity index (χ2v) is 8.22. The van der Waals surface area contributed by atoms with E-state index in [2.05, 4.69) is 11.0 Å². The molecule has 0 unspecified atom stereocenters. The molecule has 0 fully saturated rings. The molecule has 35 heavy (non-hydrogen) atoms. The predicted octanol–water partition coefficient (Wildman–Crippen LogP) is 5.39. The van der Waals surface area contributed by atoms with Gasteiger partial charge in [-0.25, -0.2) is 0 Å². The monoisotopic (exact) mass is 473 g/mol. The number of rotatable bonds is 8. The van der Waals surface area contributed by atoms with E-state index in [9.17, 15) is 4.79 Å². The van der Waals surface area contributed by atoms with Crippen LogP contribution in [0.1, 0.15) is 18.1 Å². The summed E-state index contributed by atoms with van der Waals surface area (Å²) >= 11 is 0. The molecule has 1 aromatic heterocycles. The van der Waals surface area contributed by atoms with Gasteiger partial charge in [0, 0.05) is 13.1 Å². The van der Waals surface area contributed by atoms with Gasteiger partial charge in [0.1, 0.15) is 30.1 Å². The Balaban J connectivity index is 1.39. The van der Waals surface area contributed by atoms with Crippen molar-refractivity contribution in [2.45, 2.75) is 19.9 Å². The molecule has 0 aliphatic carbocycles. The van der Waals surface area contributed by atoms with Crippen LogP contribution in [0.2, 0.25) is 0 Å². The number of para-hydroxylation sites is 3. The molecule has 0 saturated carbocycles. The van der Waals surface area contributed by atoms with Gasteiger partial charge in [-0.2, -0.15) is 0 Å². The highest BCUT2D eigenvalue weighted by Crippen LogP contribution is 2.34. The third-order valence-electron chi connectivity index (χ3n) is 6.01. The van der Waals surface area contributed by atoms with Crippen molar-refractivity contribution < 1.29 is 23.4 Å². The molecule has 1 aliphatic heterocycles. The zero-order chi connectivity index (χ0) is 24.2. The maximum absolute atomic E-state index is 13.3. The van der Waals surface area contributed by atoms with Crippen LogP contribution in [0.15, 0.2) is 76.1 Å². The van der Waals surface area contributed by atoms with Crippen LogP contribution in [0.4, 0.5) is 0 Å². The molecule has 7 heteroatoms. The molecule has 0 radical (unpaired) electrons. The lowest BCUT2D eigenvalue weighted by atomic mass is 10.1. The standard InChI is InChI=1S/C28H27NO6/c1-3-32-24-10-6-7-11-25(24)35-26-17-33-28-20(27(26)30)12-13-23-21(28)16-29(18-34-23)15-14-19-8-4-5-9-22(19)31-2/h4-13,17H,3,14-16,18H2,1-2H3. The maximum atomic E-state index is 13.3. The minimum Gasteiger partial charge on any atom is -0.496 e. The van der Waals surface area contributed by atoms with Crippen LogP contribution in [0.3, 0.4) is 0 Å². The Morgan fingerprint density at radius 2 is 1.71 bits per heavy atom. The number of ether oxygens (including phenoxy) is 4. The molecule has 0 bridgehead atoms. The van der Waals surface area contributed by atoms with E-state index in [1.807, 2.05) is 43.3 Å². The summed E-state index contributed by atoms with van der Waals surface area (Å²) < 4.78 is 28.9. The largest absolute Gasteiger partial charge is 0.496 e. The van der Waals surface area contributed by atoms with Crippen molar-refractivity contribution >= 4 is 11.0 Å². The van der Waals surface area contributed by atoms with Crippen molar-refractivity contribution in [3.63, 3.8) is 0 Å². The van der Waals surface area contributed by atoms with E-state index < -0.39 is 0 Å². The summed E-state index contributed by atoms with van der Waals surface area (Å²) in [6.07, 6.45) is 2.18. The fraction of sp³-hybridized carbons (Fsp3) is 0.250. The van der Waals surface area contributed by atoms with Crippen molar-refractivity contribution in [3.05, 3.63) is 88.3 Å². The zero-order valence-corrected chi connectivity index (χ0v) is 19.8. The molecule has 2 heterocycles. The van der Waals surface area contributed by atoms with Gasteiger partial charge in [0.15, 0.2) is 11.5 Å². The van der Waals surface area contributed by atoms with Crippen LogP contribution >= 0.6 is 0 Å². The molecular weight excluding hydrogens is 446 g/mol. The Bertz CT molecular complexity index is 1400. The summed E-state index contributed by atoms with van der Waals surface area (Å²) in [6.45, 7) is 4.24. The molecule has 0 N–H and O–H groups in total. The number of nitrogens with zero attached hydrogens (tertiary/aromatic N) is 1. The molecule has 0 atom stereocenters. The molecule has 0 amide bonds. The van der Waals surface area contributed by atoms with Gasteiger partial charge in [0.05, 0.1) is 24.7 Å². The second-order valence-electron chi connectivity index (χ2n) is 8.22. The number of hydrogen-bond donors (Lipinski definition) is 0.